The Kier molecular flexibility index (Phi) is 5.72. The van der Waals surface area contributed by atoms with Crippen LogP contribution in [0.3, 0.4) is 0 Å². The molecule has 0 saturated carbocycles. The van der Waals surface area contributed by atoms with Gasteiger partial charge in [0, 0.05) is 6.20 Å². The van der Waals surface area contributed by atoms with Gasteiger partial charge in [-0.25, -0.2) is 4.79 Å². The zero-order valence-electron chi connectivity index (χ0n) is 15.9. The molecule has 6 heteroatoms. The predicted molar refractivity (Wildman–Crippen MR) is 114 cm³/mol. The first-order valence-corrected chi connectivity index (χ1v) is 10.0. The van der Waals surface area contributed by atoms with E-state index in [4.69, 9.17) is 9.47 Å². The quantitative estimate of drug-likeness (QED) is 0.400. The van der Waals surface area contributed by atoms with Crippen LogP contribution < -0.4 is 4.74 Å². The number of carbonyl (C=O) groups is 1. The van der Waals surface area contributed by atoms with Crippen molar-refractivity contribution in [3.05, 3.63) is 83.9 Å². The van der Waals surface area contributed by atoms with Crippen molar-refractivity contribution >= 4 is 17.3 Å². The third kappa shape index (κ3) is 4.55. The fraction of sp³-hybridized carbons (Fsp3) is 0.130. The molecule has 5 nitrogen and oxygen atoms in total. The second kappa shape index (κ2) is 8.75. The van der Waals surface area contributed by atoms with Gasteiger partial charge in [0.05, 0.1) is 18.5 Å². The minimum atomic E-state index is -0.327. The van der Waals surface area contributed by atoms with E-state index in [1.807, 2.05) is 53.3 Å². The summed E-state index contributed by atoms with van der Waals surface area (Å²) in [5, 5.41) is 4.56. The summed E-state index contributed by atoms with van der Waals surface area (Å²) < 4.78 is 12.4. The zero-order chi connectivity index (χ0) is 20.1. The van der Waals surface area contributed by atoms with Crippen LogP contribution in [0.5, 0.6) is 5.75 Å². The van der Waals surface area contributed by atoms with Gasteiger partial charge in [-0.1, -0.05) is 42.5 Å². The summed E-state index contributed by atoms with van der Waals surface area (Å²) >= 11 is 1.37. The van der Waals surface area contributed by atoms with E-state index >= 15 is 0 Å². The Morgan fingerprint density at radius 1 is 0.966 bits per heavy atom. The first kappa shape index (κ1) is 19.0. The van der Waals surface area contributed by atoms with Crippen LogP contribution in [0.1, 0.15) is 9.67 Å². The van der Waals surface area contributed by atoms with Gasteiger partial charge < -0.3 is 9.47 Å². The van der Waals surface area contributed by atoms with E-state index in [1.165, 1.54) is 24.0 Å². The van der Waals surface area contributed by atoms with Gasteiger partial charge in [-0.15, -0.1) is 11.3 Å². The van der Waals surface area contributed by atoms with Crippen molar-refractivity contribution in [2.45, 2.75) is 6.54 Å². The molecular weight excluding hydrogens is 384 g/mol. The van der Waals surface area contributed by atoms with Crippen molar-refractivity contribution in [3.8, 4) is 27.4 Å². The summed E-state index contributed by atoms with van der Waals surface area (Å²) in [4.78, 5) is 13.1. The predicted octanol–water partition coefficient (Wildman–Crippen LogP) is 5.14. The van der Waals surface area contributed by atoms with Crippen molar-refractivity contribution in [1.82, 2.24) is 9.78 Å². The molecule has 0 aliphatic carbocycles. The zero-order valence-corrected chi connectivity index (χ0v) is 16.8. The summed E-state index contributed by atoms with van der Waals surface area (Å²) in [6.45, 7) is 1.15. The maximum absolute atomic E-state index is 11.6. The first-order valence-electron chi connectivity index (χ1n) is 9.23. The van der Waals surface area contributed by atoms with Crippen LogP contribution in [0.4, 0.5) is 0 Å². The fourth-order valence-corrected chi connectivity index (χ4v) is 3.82. The molecule has 2 heterocycles. The summed E-state index contributed by atoms with van der Waals surface area (Å²) in [6.07, 6.45) is 1.91. The lowest BCUT2D eigenvalue weighted by atomic mass is 10.1. The van der Waals surface area contributed by atoms with Gasteiger partial charge >= 0.3 is 5.97 Å². The van der Waals surface area contributed by atoms with Gasteiger partial charge in [0.1, 0.15) is 22.9 Å². The molecule has 4 aromatic rings. The van der Waals surface area contributed by atoms with Gasteiger partial charge in [0.25, 0.3) is 0 Å². The fourth-order valence-electron chi connectivity index (χ4n) is 2.93. The molecule has 0 aliphatic rings. The molecule has 0 N–H and O–H groups in total. The Hall–Kier alpha value is -3.38. The number of methoxy groups -OCH3 is 1. The average Bonchev–Trinajstić information content (AvgIpc) is 3.44. The van der Waals surface area contributed by atoms with E-state index in [-0.39, 0.29) is 5.97 Å². The molecule has 0 saturated heterocycles. The maximum atomic E-state index is 11.6. The van der Waals surface area contributed by atoms with Crippen LogP contribution in [-0.4, -0.2) is 29.5 Å². The molecule has 0 amide bonds. The Balaban J connectivity index is 1.32. The highest BCUT2D eigenvalue weighted by atomic mass is 32.1. The van der Waals surface area contributed by atoms with E-state index in [2.05, 4.69) is 29.4 Å². The second-order valence-electron chi connectivity index (χ2n) is 6.36. The Morgan fingerprint density at radius 2 is 1.72 bits per heavy atom. The van der Waals surface area contributed by atoms with Gasteiger partial charge in [-0.3, -0.25) is 4.68 Å². The van der Waals surface area contributed by atoms with Gasteiger partial charge in [0.15, 0.2) is 0 Å². The third-order valence-corrected chi connectivity index (χ3v) is 5.52. The summed E-state index contributed by atoms with van der Waals surface area (Å²) in [5.41, 5.74) is 3.18. The maximum Gasteiger partial charge on any atom is 0.348 e. The lowest BCUT2D eigenvalue weighted by molar-refractivity contribution is 0.0606. The van der Waals surface area contributed by atoms with Crippen molar-refractivity contribution < 1.29 is 14.3 Å². The number of benzene rings is 2. The van der Waals surface area contributed by atoms with Crippen molar-refractivity contribution in [3.63, 3.8) is 0 Å². The van der Waals surface area contributed by atoms with Crippen LogP contribution in [0, 0.1) is 0 Å². The lowest BCUT2D eigenvalue weighted by Crippen LogP contribution is -2.08. The number of thiophene rings is 1. The molecular formula is C23H20N2O3S. The van der Waals surface area contributed by atoms with Gasteiger partial charge in [-0.05, 0) is 41.5 Å². The lowest BCUT2D eigenvalue weighted by Gasteiger charge is -2.07. The summed E-state index contributed by atoms with van der Waals surface area (Å²) in [7, 11) is 1.38. The van der Waals surface area contributed by atoms with Crippen LogP contribution >= 0.6 is 11.3 Å². The molecule has 0 radical (unpaired) electrons. The molecule has 29 heavy (non-hydrogen) atoms. The number of nitrogens with zero attached hydrogens (tertiary/aromatic N) is 2. The van der Waals surface area contributed by atoms with Crippen LogP contribution in [-0.2, 0) is 11.3 Å². The Labute approximate surface area is 173 Å². The van der Waals surface area contributed by atoms with Crippen molar-refractivity contribution in [2.24, 2.45) is 0 Å². The number of rotatable bonds is 7. The number of aromatic nitrogens is 2. The number of carbonyl (C=O) groups excluding carboxylic acids is 1. The van der Waals surface area contributed by atoms with Crippen LogP contribution in [0.15, 0.2) is 79.0 Å². The van der Waals surface area contributed by atoms with E-state index in [0.717, 1.165) is 21.9 Å². The van der Waals surface area contributed by atoms with E-state index in [1.54, 1.807) is 6.07 Å². The summed E-state index contributed by atoms with van der Waals surface area (Å²) in [5.74, 6) is 0.505. The number of hydrogen-bond acceptors (Lipinski definition) is 5. The minimum Gasteiger partial charge on any atom is -0.492 e. The largest absolute Gasteiger partial charge is 0.492 e. The molecule has 0 bridgehead atoms. The SMILES string of the molecule is COC(=O)c1ccc(-c2ccn(CCOc3ccc(-c4ccccc4)cc3)n2)s1. The third-order valence-electron chi connectivity index (χ3n) is 4.44. The minimum absolute atomic E-state index is 0.327. The molecule has 146 valence electrons. The molecule has 0 unspecified atom stereocenters. The monoisotopic (exact) mass is 404 g/mol. The average molecular weight is 404 g/mol. The molecule has 4 rings (SSSR count). The number of esters is 1. The van der Waals surface area contributed by atoms with Crippen molar-refractivity contribution in [2.75, 3.05) is 13.7 Å². The molecule has 0 fully saturated rings. The molecule has 0 spiro atoms. The standard InChI is InChI=1S/C23H20N2O3S/c1-27-23(26)22-12-11-21(29-22)20-13-14-25(24-20)15-16-28-19-9-7-18(8-10-19)17-5-3-2-4-6-17/h2-14H,15-16H2,1H3. The van der Waals surface area contributed by atoms with E-state index < -0.39 is 0 Å². The highest BCUT2D eigenvalue weighted by Gasteiger charge is 2.12. The molecule has 2 aromatic heterocycles. The molecule has 2 aromatic carbocycles. The van der Waals surface area contributed by atoms with E-state index in [9.17, 15) is 4.79 Å². The topological polar surface area (TPSA) is 53.4 Å². The summed E-state index contributed by atoms with van der Waals surface area (Å²) in [6, 6.07) is 23.9. The second-order valence-corrected chi connectivity index (χ2v) is 7.44. The van der Waals surface area contributed by atoms with Gasteiger partial charge in [-0.2, -0.15) is 5.10 Å². The van der Waals surface area contributed by atoms with E-state index in [0.29, 0.717) is 18.0 Å². The van der Waals surface area contributed by atoms with Crippen molar-refractivity contribution in [1.29, 1.82) is 0 Å². The smallest absolute Gasteiger partial charge is 0.348 e. The highest BCUT2D eigenvalue weighted by Crippen LogP contribution is 2.27. The molecule has 0 aliphatic heterocycles. The highest BCUT2D eigenvalue weighted by molar-refractivity contribution is 7.17. The van der Waals surface area contributed by atoms with Crippen LogP contribution in [0.25, 0.3) is 21.7 Å². The first-order chi connectivity index (χ1) is 14.2. The molecule has 0 atom stereocenters. The Bertz CT molecular complexity index is 1080. The number of ether oxygens (including phenoxy) is 2. The normalized spacial score (nSPS) is 10.7. The van der Waals surface area contributed by atoms with Gasteiger partial charge in [0.2, 0.25) is 0 Å². The van der Waals surface area contributed by atoms with Crippen LogP contribution in [0.2, 0.25) is 0 Å². The number of hydrogen-bond donors (Lipinski definition) is 0. The Morgan fingerprint density at radius 3 is 2.48 bits per heavy atom.